The molecule has 0 atom stereocenters. The molecule has 31 heavy (non-hydrogen) atoms. The molecule has 8 heteroatoms. The van der Waals surface area contributed by atoms with E-state index in [9.17, 15) is 8.42 Å². The first kappa shape index (κ1) is 20.0. The predicted octanol–water partition coefficient (Wildman–Crippen LogP) is 3.32. The van der Waals surface area contributed by atoms with Crippen molar-refractivity contribution in [2.45, 2.75) is 25.7 Å². The first-order valence-electron chi connectivity index (χ1n) is 10.4. The predicted molar refractivity (Wildman–Crippen MR) is 122 cm³/mol. The summed E-state index contributed by atoms with van der Waals surface area (Å²) >= 11 is 0. The molecule has 0 aliphatic carbocycles. The minimum Gasteiger partial charge on any atom is -0.353 e. The van der Waals surface area contributed by atoms with Gasteiger partial charge in [-0.15, -0.1) is 0 Å². The van der Waals surface area contributed by atoms with Crippen molar-refractivity contribution in [2.24, 2.45) is 0 Å². The number of aryl methyl sites for hydroxylation is 3. The van der Waals surface area contributed by atoms with Crippen molar-refractivity contribution in [3.05, 3.63) is 65.4 Å². The van der Waals surface area contributed by atoms with E-state index in [2.05, 4.69) is 10.00 Å². The molecule has 4 aromatic rings. The van der Waals surface area contributed by atoms with Gasteiger partial charge in [-0.2, -0.15) is 9.40 Å². The van der Waals surface area contributed by atoms with Gasteiger partial charge in [0.1, 0.15) is 5.82 Å². The van der Waals surface area contributed by atoms with Crippen LogP contribution in [0.5, 0.6) is 0 Å². The zero-order valence-electron chi connectivity index (χ0n) is 17.9. The standard InChI is InChI=1S/C23H25N5O2S/c1-16-8-9-17(2)21(14-16)31(29,30)27-12-10-26(11-13-27)23-19-6-4-5-7-20(19)28-22(24-23)15-18(3)25-28/h4-9,14-15H,10-13H2,1-3H3. The van der Waals surface area contributed by atoms with Gasteiger partial charge in [0.15, 0.2) is 5.65 Å². The van der Waals surface area contributed by atoms with E-state index in [0.29, 0.717) is 31.1 Å². The van der Waals surface area contributed by atoms with Gasteiger partial charge in [0.25, 0.3) is 0 Å². The Balaban J connectivity index is 1.47. The average Bonchev–Trinajstić information content (AvgIpc) is 3.15. The molecule has 0 N–H and O–H groups in total. The lowest BCUT2D eigenvalue weighted by atomic mass is 10.2. The number of sulfonamides is 1. The van der Waals surface area contributed by atoms with E-state index in [0.717, 1.165) is 39.2 Å². The van der Waals surface area contributed by atoms with E-state index >= 15 is 0 Å². The fourth-order valence-electron chi connectivity index (χ4n) is 4.26. The van der Waals surface area contributed by atoms with Crippen LogP contribution in [0.4, 0.5) is 5.82 Å². The summed E-state index contributed by atoms with van der Waals surface area (Å²) in [6, 6.07) is 15.6. The molecule has 0 spiro atoms. The van der Waals surface area contributed by atoms with Crippen molar-refractivity contribution in [2.75, 3.05) is 31.1 Å². The molecular weight excluding hydrogens is 410 g/mol. The molecule has 0 saturated carbocycles. The molecule has 2 aromatic heterocycles. The lowest BCUT2D eigenvalue weighted by molar-refractivity contribution is 0.384. The van der Waals surface area contributed by atoms with Crippen molar-refractivity contribution >= 4 is 32.4 Å². The number of fused-ring (bicyclic) bond motifs is 3. The molecular formula is C23H25N5O2S. The lowest BCUT2D eigenvalue weighted by Gasteiger charge is -2.35. The molecule has 7 nitrogen and oxygen atoms in total. The van der Waals surface area contributed by atoms with Crippen LogP contribution in [0.3, 0.4) is 0 Å². The lowest BCUT2D eigenvalue weighted by Crippen LogP contribution is -2.49. The Labute approximate surface area is 182 Å². The molecule has 0 bridgehead atoms. The molecule has 0 radical (unpaired) electrons. The highest BCUT2D eigenvalue weighted by atomic mass is 32.2. The van der Waals surface area contributed by atoms with E-state index in [1.54, 1.807) is 10.4 Å². The Bertz CT molecular complexity index is 1400. The Morgan fingerprint density at radius 1 is 0.903 bits per heavy atom. The van der Waals surface area contributed by atoms with Crippen LogP contribution < -0.4 is 4.90 Å². The highest BCUT2D eigenvalue weighted by Gasteiger charge is 2.30. The number of rotatable bonds is 3. The van der Waals surface area contributed by atoms with Crippen LogP contribution in [0.25, 0.3) is 16.6 Å². The second kappa shape index (κ2) is 7.32. The quantitative estimate of drug-likeness (QED) is 0.494. The first-order chi connectivity index (χ1) is 14.8. The van der Waals surface area contributed by atoms with Gasteiger partial charge in [-0.3, -0.25) is 0 Å². The summed E-state index contributed by atoms with van der Waals surface area (Å²) in [5.41, 5.74) is 4.45. The molecule has 2 aromatic carbocycles. The van der Waals surface area contributed by atoms with Crippen LogP contribution in [0.2, 0.25) is 0 Å². The Morgan fingerprint density at radius 3 is 2.42 bits per heavy atom. The van der Waals surface area contributed by atoms with Gasteiger partial charge in [-0.25, -0.2) is 17.9 Å². The zero-order valence-corrected chi connectivity index (χ0v) is 18.7. The van der Waals surface area contributed by atoms with Crippen molar-refractivity contribution in [1.29, 1.82) is 0 Å². The molecule has 0 unspecified atom stereocenters. The number of anilines is 1. The van der Waals surface area contributed by atoms with Crippen LogP contribution in [0.1, 0.15) is 16.8 Å². The van der Waals surface area contributed by atoms with Gasteiger partial charge in [0.05, 0.1) is 16.1 Å². The van der Waals surface area contributed by atoms with E-state index in [-0.39, 0.29) is 0 Å². The fraction of sp³-hybridized carbons (Fsp3) is 0.304. The van der Waals surface area contributed by atoms with Crippen LogP contribution in [-0.4, -0.2) is 53.5 Å². The molecule has 0 amide bonds. The van der Waals surface area contributed by atoms with E-state index in [1.807, 2.05) is 67.8 Å². The van der Waals surface area contributed by atoms with Gasteiger partial charge in [0.2, 0.25) is 10.0 Å². The van der Waals surface area contributed by atoms with Crippen molar-refractivity contribution in [1.82, 2.24) is 18.9 Å². The van der Waals surface area contributed by atoms with Gasteiger partial charge in [0, 0.05) is 37.6 Å². The summed E-state index contributed by atoms with van der Waals surface area (Å²) in [5, 5.41) is 5.59. The second-order valence-corrected chi connectivity index (χ2v) is 10.1. The first-order valence-corrected chi connectivity index (χ1v) is 11.9. The van der Waals surface area contributed by atoms with Gasteiger partial charge in [-0.1, -0.05) is 24.3 Å². The van der Waals surface area contributed by atoms with E-state index in [4.69, 9.17) is 4.98 Å². The monoisotopic (exact) mass is 435 g/mol. The maximum absolute atomic E-state index is 13.3. The maximum atomic E-state index is 13.3. The number of piperazine rings is 1. The van der Waals surface area contributed by atoms with Gasteiger partial charge >= 0.3 is 0 Å². The number of nitrogens with zero attached hydrogens (tertiary/aromatic N) is 5. The van der Waals surface area contributed by atoms with E-state index in [1.165, 1.54) is 0 Å². The molecule has 1 aliphatic rings. The molecule has 1 aliphatic heterocycles. The SMILES string of the molecule is Cc1ccc(C)c(S(=O)(=O)N2CCN(c3nc4cc(C)nn4c4ccccc34)CC2)c1. The molecule has 1 fully saturated rings. The van der Waals surface area contributed by atoms with Crippen molar-refractivity contribution in [3.63, 3.8) is 0 Å². The summed E-state index contributed by atoms with van der Waals surface area (Å²) < 4.78 is 30.0. The summed E-state index contributed by atoms with van der Waals surface area (Å²) in [5.74, 6) is 0.881. The van der Waals surface area contributed by atoms with Crippen LogP contribution in [0.15, 0.2) is 53.4 Å². The molecule has 5 rings (SSSR count). The van der Waals surface area contributed by atoms with Crippen LogP contribution in [-0.2, 0) is 10.0 Å². The summed E-state index contributed by atoms with van der Waals surface area (Å²) in [6.45, 7) is 7.75. The smallest absolute Gasteiger partial charge is 0.243 e. The number of hydrogen-bond acceptors (Lipinski definition) is 5. The molecule has 160 valence electrons. The average molecular weight is 436 g/mol. The summed E-state index contributed by atoms with van der Waals surface area (Å²) in [4.78, 5) is 7.46. The Kier molecular flexibility index (Phi) is 4.71. The highest BCUT2D eigenvalue weighted by molar-refractivity contribution is 7.89. The highest BCUT2D eigenvalue weighted by Crippen LogP contribution is 2.29. The minimum absolute atomic E-state index is 0.403. The topological polar surface area (TPSA) is 70.8 Å². The maximum Gasteiger partial charge on any atom is 0.243 e. The Morgan fingerprint density at radius 2 is 1.65 bits per heavy atom. The van der Waals surface area contributed by atoms with Crippen molar-refractivity contribution < 1.29 is 8.42 Å². The van der Waals surface area contributed by atoms with Crippen LogP contribution >= 0.6 is 0 Å². The third kappa shape index (κ3) is 3.36. The zero-order chi connectivity index (χ0) is 21.8. The molecule has 1 saturated heterocycles. The summed E-state index contributed by atoms with van der Waals surface area (Å²) in [7, 11) is -3.52. The second-order valence-electron chi connectivity index (χ2n) is 8.17. The minimum atomic E-state index is -3.52. The number of benzene rings is 2. The van der Waals surface area contributed by atoms with Gasteiger partial charge in [-0.05, 0) is 50.1 Å². The number of hydrogen-bond donors (Lipinski definition) is 0. The third-order valence-corrected chi connectivity index (χ3v) is 7.95. The normalized spacial score (nSPS) is 15.8. The largest absolute Gasteiger partial charge is 0.353 e. The van der Waals surface area contributed by atoms with E-state index < -0.39 is 10.0 Å². The fourth-order valence-corrected chi connectivity index (χ4v) is 6.00. The third-order valence-electron chi connectivity index (χ3n) is 5.91. The Hall–Kier alpha value is -2.97. The number of para-hydroxylation sites is 1. The number of aromatic nitrogens is 3. The molecule has 3 heterocycles. The van der Waals surface area contributed by atoms with Crippen molar-refractivity contribution in [3.8, 4) is 0 Å². The summed E-state index contributed by atoms with van der Waals surface area (Å²) in [6.07, 6.45) is 0. The van der Waals surface area contributed by atoms with Crippen LogP contribution in [0, 0.1) is 20.8 Å². The van der Waals surface area contributed by atoms with Gasteiger partial charge < -0.3 is 4.90 Å².